The predicted octanol–water partition coefficient (Wildman–Crippen LogP) is 3.00. The highest BCUT2D eigenvalue weighted by Gasteiger charge is 2.34. The third-order valence-electron chi connectivity index (χ3n) is 5.90. The number of benzene rings is 2. The fourth-order valence-electron chi connectivity index (χ4n) is 4.06. The summed E-state index contributed by atoms with van der Waals surface area (Å²) >= 11 is 0. The lowest BCUT2D eigenvalue weighted by molar-refractivity contribution is -0.126. The summed E-state index contributed by atoms with van der Waals surface area (Å²) in [5, 5.41) is 2.89. The van der Waals surface area contributed by atoms with Crippen LogP contribution in [0.1, 0.15) is 30.3 Å². The van der Waals surface area contributed by atoms with Crippen molar-refractivity contribution in [1.82, 2.24) is 19.2 Å². The van der Waals surface area contributed by atoms with E-state index in [1.54, 1.807) is 42.2 Å². The minimum absolute atomic E-state index is 0.0848. The molecule has 7 nitrogen and oxygen atoms in total. The average molecular weight is 475 g/mol. The van der Waals surface area contributed by atoms with Crippen LogP contribution in [-0.4, -0.2) is 41.3 Å². The summed E-state index contributed by atoms with van der Waals surface area (Å²) in [7, 11) is -2.23. The molecule has 0 saturated carbocycles. The second kappa shape index (κ2) is 9.40. The number of amides is 1. The Morgan fingerprint density at radius 1 is 1.06 bits per heavy atom. The number of imidazole rings is 1. The van der Waals surface area contributed by atoms with E-state index < -0.39 is 33.6 Å². The number of carbonyl (C=O) groups is 1. The van der Waals surface area contributed by atoms with E-state index in [1.807, 2.05) is 0 Å². The third-order valence-corrected chi connectivity index (χ3v) is 7.83. The van der Waals surface area contributed by atoms with Crippen molar-refractivity contribution in [1.29, 1.82) is 0 Å². The van der Waals surface area contributed by atoms with Crippen LogP contribution in [-0.2, 0) is 21.9 Å². The van der Waals surface area contributed by atoms with E-state index in [0.717, 1.165) is 6.07 Å². The van der Waals surface area contributed by atoms with Crippen molar-refractivity contribution in [2.45, 2.75) is 23.8 Å². The van der Waals surface area contributed by atoms with Gasteiger partial charge < -0.3 is 9.88 Å². The molecule has 1 N–H and O–H groups in total. The summed E-state index contributed by atoms with van der Waals surface area (Å²) in [6, 6.07) is 10.6. The van der Waals surface area contributed by atoms with Crippen molar-refractivity contribution in [2.24, 2.45) is 13.0 Å². The largest absolute Gasteiger partial charge is 0.342 e. The van der Waals surface area contributed by atoms with E-state index in [0.29, 0.717) is 11.4 Å². The quantitative estimate of drug-likeness (QED) is 0.595. The first-order valence-electron chi connectivity index (χ1n) is 10.6. The summed E-state index contributed by atoms with van der Waals surface area (Å²) < 4.78 is 57.1. The van der Waals surface area contributed by atoms with Gasteiger partial charge in [-0.05, 0) is 31.0 Å². The number of aryl methyl sites for hydroxylation is 1. The summed E-state index contributed by atoms with van der Waals surface area (Å²) in [6.45, 7) is 0.170. The maximum absolute atomic E-state index is 14.5. The minimum Gasteiger partial charge on any atom is -0.342 e. The smallest absolute Gasteiger partial charge is 0.245 e. The number of aromatic nitrogens is 2. The van der Waals surface area contributed by atoms with Gasteiger partial charge in [0, 0.05) is 44.0 Å². The SMILES string of the molecule is Cn1ccnc1[C@@H](NC(=O)C1CCN(S(=O)(=O)c2ccccc2F)CC1)c1ccccc1F. The lowest BCUT2D eigenvalue weighted by atomic mass is 9.96. The number of hydrogen-bond donors (Lipinski definition) is 1. The number of nitrogens with zero attached hydrogens (tertiary/aromatic N) is 3. The van der Waals surface area contributed by atoms with E-state index >= 15 is 0 Å². The fraction of sp³-hybridized carbons (Fsp3) is 0.304. The normalized spacial score (nSPS) is 16.5. The Labute approximate surface area is 191 Å². The molecule has 1 aromatic heterocycles. The van der Waals surface area contributed by atoms with Gasteiger partial charge in [0.25, 0.3) is 0 Å². The van der Waals surface area contributed by atoms with Crippen molar-refractivity contribution in [3.8, 4) is 0 Å². The van der Waals surface area contributed by atoms with Gasteiger partial charge in [0.1, 0.15) is 28.4 Å². The van der Waals surface area contributed by atoms with Crippen molar-refractivity contribution in [3.05, 3.63) is 83.9 Å². The Morgan fingerprint density at radius 2 is 1.70 bits per heavy atom. The summed E-state index contributed by atoms with van der Waals surface area (Å²) in [5.41, 5.74) is 0.291. The first kappa shape index (κ1) is 23.1. The van der Waals surface area contributed by atoms with Crippen LogP contribution in [0.15, 0.2) is 65.8 Å². The summed E-state index contributed by atoms with van der Waals surface area (Å²) in [4.78, 5) is 17.0. The molecule has 1 aliphatic heterocycles. The highest BCUT2D eigenvalue weighted by Crippen LogP contribution is 2.28. The van der Waals surface area contributed by atoms with Crippen molar-refractivity contribution in [3.63, 3.8) is 0 Å². The molecule has 1 aliphatic rings. The maximum atomic E-state index is 14.5. The van der Waals surface area contributed by atoms with Crippen LogP contribution >= 0.6 is 0 Å². The number of sulfonamides is 1. The van der Waals surface area contributed by atoms with Crippen molar-refractivity contribution >= 4 is 15.9 Å². The van der Waals surface area contributed by atoms with E-state index in [9.17, 15) is 22.0 Å². The van der Waals surface area contributed by atoms with Gasteiger partial charge in [-0.3, -0.25) is 4.79 Å². The summed E-state index contributed by atoms with van der Waals surface area (Å²) in [6.07, 6.45) is 3.82. The highest BCUT2D eigenvalue weighted by atomic mass is 32.2. The standard InChI is InChI=1S/C23H24F2N4O3S/c1-28-15-12-26-22(28)21(17-6-2-3-7-18(17)24)27-23(30)16-10-13-29(14-11-16)33(31,32)20-9-5-4-8-19(20)25/h2-9,12,15-16,21H,10-11,13-14H2,1H3,(H,27,30)/t21-/m0/s1. The lowest BCUT2D eigenvalue weighted by Gasteiger charge is -2.31. The molecular weight excluding hydrogens is 450 g/mol. The van der Waals surface area contributed by atoms with E-state index in [4.69, 9.17) is 0 Å². The Kier molecular flexibility index (Phi) is 6.57. The number of piperidine rings is 1. The zero-order chi connectivity index (χ0) is 23.6. The number of nitrogens with one attached hydrogen (secondary N) is 1. The molecule has 1 amide bonds. The first-order chi connectivity index (χ1) is 15.8. The van der Waals surface area contributed by atoms with E-state index in [-0.39, 0.29) is 36.7 Å². The highest BCUT2D eigenvalue weighted by molar-refractivity contribution is 7.89. The molecule has 1 atom stereocenters. The maximum Gasteiger partial charge on any atom is 0.245 e. The fourth-order valence-corrected chi connectivity index (χ4v) is 5.59. The van der Waals surface area contributed by atoms with Gasteiger partial charge in [0.2, 0.25) is 15.9 Å². The number of carbonyl (C=O) groups excluding carboxylic acids is 1. The molecule has 0 bridgehead atoms. The zero-order valence-electron chi connectivity index (χ0n) is 18.0. The number of rotatable bonds is 6. The van der Waals surface area contributed by atoms with Gasteiger partial charge in [-0.25, -0.2) is 22.2 Å². The second-order valence-electron chi connectivity index (χ2n) is 7.97. The van der Waals surface area contributed by atoms with Gasteiger partial charge in [0.15, 0.2) is 0 Å². The molecule has 4 rings (SSSR count). The molecule has 1 saturated heterocycles. The van der Waals surface area contributed by atoms with Crippen LogP contribution in [0, 0.1) is 17.6 Å². The molecule has 1 fully saturated rings. The second-order valence-corrected chi connectivity index (χ2v) is 9.87. The van der Waals surface area contributed by atoms with Gasteiger partial charge in [0.05, 0.1) is 0 Å². The molecule has 2 aromatic carbocycles. The van der Waals surface area contributed by atoms with Gasteiger partial charge in [-0.15, -0.1) is 0 Å². The molecule has 174 valence electrons. The average Bonchev–Trinajstić information content (AvgIpc) is 3.23. The first-order valence-corrected chi connectivity index (χ1v) is 12.0. The monoisotopic (exact) mass is 474 g/mol. The Bertz CT molecular complexity index is 1250. The van der Waals surface area contributed by atoms with Crippen molar-refractivity contribution < 1.29 is 22.0 Å². The number of hydrogen-bond acceptors (Lipinski definition) is 4. The molecule has 0 radical (unpaired) electrons. The molecule has 3 aromatic rings. The Morgan fingerprint density at radius 3 is 2.30 bits per heavy atom. The summed E-state index contributed by atoms with van der Waals surface area (Å²) in [5.74, 6) is -1.56. The third kappa shape index (κ3) is 4.67. The Balaban J connectivity index is 1.48. The topological polar surface area (TPSA) is 84.3 Å². The molecular formula is C23H24F2N4O3S. The Hall–Kier alpha value is -3.11. The molecule has 33 heavy (non-hydrogen) atoms. The van der Waals surface area contributed by atoms with Crippen LogP contribution < -0.4 is 5.32 Å². The van der Waals surface area contributed by atoms with Crippen LogP contribution in [0.5, 0.6) is 0 Å². The van der Waals surface area contributed by atoms with E-state index in [2.05, 4.69) is 10.3 Å². The van der Waals surface area contributed by atoms with Crippen LogP contribution in [0.25, 0.3) is 0 Å². The number of halogens is 2. The van der Waals surface area contributed by atoms with Crippen LogP contribution in [0.4, 0.5) is 8.78 Å². The van der Waals surface area contributed by atoms with Gasteiger partial charge in [-0.1, -0.05) is 30.3 Å². The van der Waals surface area contributed by atoms with Gasteiger partial charge in [-0.2, -0.15) is 4.31 Å². The predicted molar refractivity (Wildman–Crippen MR) is 117 cm³/mol. The van der Waals surface area contributed by atoms with Gasteiger partial charge >= 0.3 is 0 Å². The molecule has 0 spiro atoms. The van der Waals surface area contributed by atoms with Crippen LogP contribution in [0.2, 0.25) is 0 Å². The molecule has 2 heterocycles. The molecule has 0 aliphatic carbocycles. The lowest BCUT2D eigenvalue weighted by Crippen LogP contribution is -2.44. The molecule has 10 heteroatoms. The molecule has 0 unspecified atom stereocenters. The minimum atomic E-state index is -3.99. The van der Waals surface area contributed by atoms with Crippen molar-refractivity contribution in [2.75, 3.05) is 13.1 Å². The zero-order valence-corrected chi connectivity index (χ0v) is 18.8. The van der Waals surface area contributed by atoms with E-state index in [1.165, 1.54) is 28.6 Å². The van der Waals surface area contributed by atoms with Crippen LogP contribution in [0.3, 0.4) is 0 Å².